The Balaban J connectivity index is 1.38. The lowest BCUT2D eigenvalue weighted by Crippen LogP contribution is -2.35. The lowest BCUT2D eigenvalue weighted by molar-refractivity contribution is 0.0770. The maximum atomic E-state index is 13.2. The third-order valence-electron chi connectivity index (χ3n) is 5.97. The molecule has 0 bridgehead atoms. The molecule has 5 rings (SSSR count). The predicted octanol–water partition coefficient (Wildman–Crippen LogP) is 4.93. The molecule has 1 fully saturated rings. The van der Waals surface area contributed by atoms with Crippen molar-refractivity contribution in [2.24, 2.45) is 0 Å². The molecule has 34 heavy (non-hydrogen) atoms. The summed E-state index contributed by atoms with van der Waals surface area (Å²) in [5.41, 5.74) is 6.36. The lowest BCUT2D eigenvalue weighted by Gasteiger charge is -2.26. The second-order valence-electron chi connectivity index (χ2n) is 8.36. The molecule has 1 aliphatic heterocycles. The van der Waals surface area contributed by atoms with E-state index in [1.165, 1.54) is 0 Å². The Morgan fingerprint density at radius 2 is 1.79 bits per heavy atom. The average molecular weight is 455 g/mol. The standard InChI is InChI=1S/C27H26N4O3/c1-17-7-8-21(15-23(17)19-9-11-20(12-10-19)27-31-30-18(2)34-27)26(32)29-24-6-4-3-5-22(24)25-16-33-14-13-28-25/h3-12,15,25,28H,13-14,16H2,1-2H3,(H,29,32). The zero-order valence-electron chi connectivity index (χ0n) is 19.2. The van der Waals surface area contributed by atoms with Gasteiger partial charge in [-0.25, -0.2) is 0 Å². The van der Waals surface area contributed by atoms with Gasteiger partial charge in [0.25, 0.3) is 5.91 Å². The van der Waals surface area contributed by atoms with Gasteiger partial charge in [-0.05, 0) is 59.5 Å². The molecule has 0 aliphatic carbocycles. The largest absolute Gasteiger partial charge is 0.421 e. The topological polar surface area (TPSA) is 89.3 Å². The van der Waals surface area contributed by atoms with E-state index in [1.807, 2.05) is 73.7 Å². The Hall–Kier alpha value is -3.81. The molecule has 0 spiro atoms. The number of carbonyl (C=O) groups excluding carboxylic acids is 1. The highest BCUT2D eigenvalue weighted by Gasteiger charge is 2.20. The molecule has 172 valence electrons. The summed E-state index contributed by atoms with van der Waals surface area (Å²) in [7, 11) is 0. The van der Waals surface area contributed by atoms with Crippen molar-refractivity contribution >= 4 is 11.6 Å². The summed E-state index contributed by atoms with van der Waals surface area (Å²) >= 11 is 0. The van der Waals surface area contributed by atoms with E-state index in [0.717, 1.165) is 40.0 Å². The van der Waals surface area contributed by atoms with Crippen LogP contribution in [0.1, 0.15) is 33.4 Å². The van der Waals surface area contributed by atoms with Gasteiger partial charge in [0.2, 0.25) is 11.8 Å². The summed E-state index contributed by atoms with van der Waals surface area (Å²) in [6.07, 6.45) is 0. The number of aryl methyl sites for hydroxylation is 2. The molecular weight excluding hydrogens is 428 g/mol. The molecule has 0 saturated carbocycles. The zero-order valence-corrected chi connectivity index (χ0v) is 19.2. The summed E-state index contributed by atoms with van der Waals surface area (Å²) < 4.78 is 11.1. The number of amides is 1. The van der Waals surface area contributed by atoms with E-state index in [2.05, 4.69) is 20.8 Å². The third-order valence-corrected chi connectivity index (χ3v) is 5.97. The van der Waals surface area contributed by atoms with Gasteiger partial charge in [0, 0.05) is 30.3 Å². The summed E-state index contributed by atoms with van der Waals surface area (Å²) in [6.45, 7) is 5.88. The number of aromatic nitrogens is 2. The van der Waals surface area contributed by atoms with Gasteiger partial charge in [0.1, 0.15) is 0 Å². The fourth-order valence-corrected chi connectivity index (χ4v) is 4.15. The van der Waals surface area contributed by atoms with E-state index in [4.69, 9.17) is 9.15 Å². The number of nitrogens with zero attached hydrogens (tertiary/aromatic N) is 2. The van der Waals surface area contributed by atoms with Crippen LogP contribution in [0.25, 0.3) is 22.6 Å². The van der Waals surface area contributed by atoms with Crippen LogP contribution in [0.2, 0.25) is 0 Å². The van der Waals surface area contributed by atoms with E-state index in [0.29, 0.717) is 30.6 Å². The van der Waals surface area contributed by atoms with Crippen LogP contribution in [0.15, 0.2) is 71.1 Å². The minimum atomic E-state index is -0.150. The number of ether oxygens (including phenoxy) is 1. The molecule has 1 aliphatic rings. The van der Waals surface area contributed by atoms with Gasteiger partial charge < -0.3 is 19.8 Å². The average Bonchev–Trinajstić information content (AvgIpc) is 3.31. The molecular formula is C27H26N4O3. The number of nitrogens with one attached hydrogen (secondary N) is 2. The zero-order chi connectivity index (χ0) is 23.5. The fraction of sp³-hybridized carbons (Fsp3) is 0.222. The van der Waals surface area contributed by atoms with Crippen LogP contribution >= 0.6 is 0 Å². The van der Waals surface area contributed by atoms with Crippen LogP contribution in [0, 0.1) is 13.8 Å². The van der Waals surface area contributed by atoms with Gasteiger partial charge in [-0.3, -0.25) is 4.79 Å². The van der Waals surface area contributed by atoms with E-state index in [-0.39, 0.29) is 11.9 Å². The number of carbonyl (C=O) groups is 1. The Morgan fingerprint density at radius 1 is 1.00 bits per heavy atom. The van der Waals surface area contributed by atoms with E-state index in [9.17, 15) is 4.79 Å². The van der Waals surface area contributed by atoms with Crippen LogP contribution in [0.4, 0.5) is 5.69 Å². The Labute approximate surface area is 198 Å². The normalized spacial score (nSPS) is 15.8. The van der Waals surface area contributed by atoms with Crippen LogP contribution in [-0.2, 0) is 4.74 Å². The number of hydrogen-bond donors (Lipinski definition) is 2. The van der Waals surface area contributed by atoms with E-state index < -0.39 is 0 Å². The second-order valence-corrected chi connectivity index (χ2v) is 8.36. The number of morpholine rings is 1. The van der Waals surface area contributed by atoms with Gasteiger partial charge in [0.15, 0.2) is 0 Å². The number of rotatable bonds is 5. The third kappa shape index (κ3) is 4.62. The molecule has 1 amide bonds. The Morgan fingerprint density at radius 3 is 2.53 bits per heavy atom. The molecule has 2 heterocycles. The van der Waals surface area contributed by atoms with Gasteiger partial charge in [-0.1, -0.05) is 36.4 Å². The van der Waals surface area contributed by atoms with Crippen LogP contribution in [-0.4, -0.2) is 35.9 Å². The molecule has 1 saturated heterocycles. The van der Waals surface area contributed by atoms with Crippen molar-refractivity contribution in [2.75, 3.05) is 25.1 Å². The van der Waals surface area contributed by atoms with Crippen molar-refractivity contribution in [3.63, 3.8) is 0 Å². The van der Waals surface area contributed by atoms with Gasteiger partial charge in [-0.15, -0.1) is 10.2 Å². The summed E-state index contributed by atoms with van der Waals surface area (Å²) in [4.78, 5) is 13.2. The van der Waals surface area contributed by atoms with Gasteiger partial charge >= 0.3 is 0 Å². The van der Waals surface area contributed by atoms with Crippen molar-refractivity contribution in [2.45, 2.75) is 19.9 Å². The smallest absolute Gasteiger partial charge is 0.255 e. The van der Waals surface area contributed by atoms with Crippen LogP contribution in [0.5, 0.6) is 0 Å². The highest BCUT2D eigenvalue weighted by Crippen LogP contribution is 2.29. The molecule has 2 N–H and O–H groups in total. The predicted molar refractivity (Wildman–Crippen MR) is 131 cm³/mol. The molecule has 1 atom stereocenters. The van der Waals surface area contributed by atoms with Crippen LogP contribution < -0.4 is 10.6 Å². The summed E-state index contributed by atoms with van der Waals surface area (Å²) in [5, 5.41) is 14.5. The molecule has 0 radical (unpaired) electrons. The Bertz CT molecular complexity index is 1310. The van der Waals surface area contributed by atoms with Crippen molar-refractivity contribution in [3.8, 4) is 22.6 Å². The number of anilines is 1. The van der Waals surface area contributed by atoms with Crippen molar-refractivity contribution < 1.29 is 13.9 Å². The molecule has 1 unspecified atom stereocenters. The summed E-state index contributed by atoms with van der Waals surface area (Å²) in [5.74, 6) is 0.871. The van der Waals surface area contributed by atoms with E-state index >= 15 is 0 Å². The Kier molecular flexibility index (Phi) is 6.20. The first-order chi connectivity index (χ1) is 16.6. The SMILES string of the molecule is Cc1nnc(-c2ccc(-c3cc(C(=O)Nc4ccccc4C4COCCN4)ccc3C)cc2)o1. The molecule has 7 heteroatoms. The number of hydrogen-bond acceptors (Lipinski definition) is 6. The second kappa shape index (κ2) is 9.59. The fourth-order valence-electron chi connectivity index (χ4n) is 4.15. The number of benzene rings is 3. The monoisotopic (exact) mass is 454 g/mol. The highest BCUT2D eigenvalue weighted by atomic mass is 16.5. The maximum Gasteiger partial charge on any atom is 0.255 e. The molecule has 3 aromatic carbocycles. The van der Waals surface area contributed by atoms with E-state index in [1.54, 1.807) is 6.92 Å². The first-order valence-corrected chi connectivity index (χ1v) is 11.3. The van der Waals surface area contributed by atoms with Crippen molar-refractivity contribution in [1.29, 1.82) is 0 Å². The van der Waals surface area contributed by atoms with Gasteiger partial charge in [-0.2, -0.15) is 0 Å². The lowest BCUT2D eigenvalue weighted by atomic mass is 9.97. The first-order valence-electron chi connectivity index (χ1n) is 11.3. The maximum absolute atomic E-state index is 13.2. The molecule has 4 aromatic rings. The van der Waals surface area contributed by atoms with Gasteiger partial charge in [0.05, 0.1) is 19.3 Å². The molecule has 1 aromatic heterocycles. The molecule has 7 nitrogen and oxygen atoms in total. The van der Waals surface area contributed by atoms with Crippen molar-refractivity contribution in [3.05, 3.63) is 89.3 Å². The number of para-hydroxylation sites is 1. The summed E-state index contributed by atoms with van der Waals surface area (Å²) in [6, 6.07) is 21.6. The highest BCUT2D eigenvalue weighted by molar-refractivity contribution is 6.05. The minimum Gasteiger partial charge on any atom is -0.421 e. The van der Waals surface area contributed by atoms with Crippen LogP contribution in [0.3, 0.4) is 0 Å². The van der Waals surface area contributed by atoms with Crippen molar-refractivity contribution in [1.82, 2.24) is 15.5 Å². The minimum absolute atomic E-state index is 0.0555. The first kappa shape index (κ1) is 22.0. The quantitative estimate of drug-likeness (QED) is 0.444.